The largest absolute Gasteiger partial charge is 0.295 e. The molecule has 0 atom stereocenters. The Morgan fingerprint density at radius 3 is 1.61 bits per heavy atom. The van der Waals surface area contributed by atoms with Gasteiger partial charge < -0.3 is 0 Å². The van der Waals surface area contributed by atoms with Crippen LogP contribution in [0.3, 0.4) is 0 Å². The van der Waals surface area contributed by atoms with Gasteiger partial charge in [0.05, 0.1) is 0 Å². The molecule has 44 heavy (non-hydrogen) atoms. The Bertz CT molecular complexity index is 2460. The summed E-state index contributed by atoms with van der Waals surface area (Å²) in [5.74, 6) is 0.909. The van der Waals surface area contributed by atoms with E-state index < -0.39 is 0 Å². The summed E-state index contributed by atoms with van der Waals surface area (Å²) in [5.41, 5.74) is 4.55. The molecular formula is C41H26N2S. The van der Waals surface area contributed by atoms with E-state index in [1.54, 1.807) is 11.3 Å². The van der Waals surface area contributed by atoms with E-state index in [4.69, 9.17) is 4.98 Å². The molecule has 0 N–H and O–H groups in total. The van der Waals surface area contributed by atoms with Gasteiger partial charge in [0, 0.05) is 26.8 Å². The molecule has 206 valence electrons. The Kier molecular flexibility index (Phi) is 5.71. The molecule has 0 amide bonds. The molecule has 9 aromatic rings. The van der Waals surface area contributed by atoms with E-state index in [1.807, 2.05) is 0 Å². The SMILES string of the molecule is c1ccc(N(c2ccc(-c3ccc4c5ccccc5c5ccccc5c4c3)cc2)c2ccc3c(n2)sc2ccccc23)cc1. The minimum absolute atomic E-state index is 0.909. The summed E-state index contributed by atoms with van der Waals surface area (Å²) in [4.78, 5) is 8.48. The highest BCUT2D eigenvalue weighted by Crippen LogP contribution is 2.40. The van der Waals surface area contributed by atoms with Crippen LogP contribution in [-0.2, 0) is 0 Å². The maximum atomic E-state index is 5.18. The molecule has 0 bridgehead atoms. The van der Waals surface area contributed by atoms with Crippen LogP contribution in [0, 0.1) is 0 Å². The number of para-hydroxylation sites is 1. The first-order valence-corrected chi connectivity index (χ1v) is 15.7. The minimum atomic E-state index is 0.909. The Balaban J connectivity index is 1.16. The average Bonchev–Trinajstić information content (AvgIpc) is 3.47. The summed E-state index contributed by atoms with van der Waals surface area (Å²) < 4.78 is 1.26. The fourth-order valence-corrected chi connectivity index (χ4v) is 7.67. The lowest BCUT2D eigenvalue weighted by molar-refractivity contribution is 1.21. The summed E-state index contributed by atoms with van der Waals surface area (Å²) in [6, 6.07) is 56.7. The van der Waals surface area contributed by atoms with Gasteiger partial charge in [-0.3, -0.25) is 4.90 Å². The van der Waals surface area contributed by atoms with Gasteiger partial charge in [-0.2, -0.15) is 0 Å². The topological polar surface area (TPSA) is 16.1 Å². The van der Waals surface area contributed by atoms with Crippen LogP contribution in [0.5, 0.6) is 0 Å². The second-order valence-corrected chi connectivity index (χ2v) is 12.2. The van der Waals surface area contributed by atoms with Crippen LogP contribution >= 0.6 is 11.3 Å². The van der Waals surface area contributed by atoms with Crippen LogP contribution in [0.1, 0.15) is 0 Å². The van der Waals surface area contributed by atoms with Gasteiger partial charge in [-0.05, 0) is 92.0 Å². The minimum Gasteiger partial charge on any atom is -0.295 e. The van der Waals surface area contributed by atoms with Gasteiger partial charge in [0.1, 0.15) is 10.6 Å². The maximum Gasteiger partial charge on any atom is 0.139 e. The number of thiophene rings is 1. The quantitative estimate of drug-likeness (QED) is 0.193. The van der Waals surface area contributed by atoms with E-state index in [2.05, 4.69) is 163 Å². The number of fused-ring (bicyclic) bond motifs is 9. The zero-order valence-electron chi connectivity index (χ0n) is 23.8. The van der Waals surface area contributed by atoms with Crippen LogP contribution in [0.15, 0.2) is 158 Å². The summed E-state index contributed by atoms with van der Waals surface area (Å²) in [5, 5.41) is 10.2. The Morgan fingerprint density at radius 1 is 0.386 bits per heavy atom. The summed E-state index contributed by atoms with van der Waals surface area (Å²) in [7, 11) is 0. The van der Waals surface area contributed by atoms with Crippen molar-refractivity contribution in [3.63, 3.8) is 0 Å². The molecule has 9 rings (SSSR count). The molecule has 0 aliphatic carbocycles. The molecule has 2 nitrogen and oxygen atoms in total. The molecule has 0 spiro atoms. The zero-order valence-corrected chi connectivity index (χ0v) is 24.6. The molecule has 2 aromatic heterocycles. The van der Waals surface area contributed by atoms with E-state index in [-0.39, 0.29) is 0 Å². The Labute approximate surface area is 259 Å². The molecule has 0 aliphatic rings. The molecule has 0 radical (unpaired) electrons. The molecule has 0 unspecified atom stereocenters. The Morgan fingerprint density at radius 2 is 0.909 bits per heavy atom. The number of aromatic nitrogens is 1. The predicted octanol–water partition coefficient (Wildman–Crippen LogP) is 12.0. The first kappa shape index (κ1) is 25.0. The smallest absolute Gasteiger partial charge is 0.139 e. The summed E-state index contributed by atoms with van der Waals surface area (Å²) in [6.45, 7) is 0. The number of hydrogen-bond acceptors (Lipinski definition) is 3. The first-order chi connectivity index (χ1) is 21.8. The number of benzene rings is 7. The standard InChI is InChI=1S/C41H26N2S/c1-2-10-29(11-3-1)43(40-25-24-37-36-16-8-9-17-39(36)44-41(37)42-40)30-21-18-27(19-22-30)28-20-23-35-33-14-5-4-12-31(33)32-13-6-7-15-34(32)38(35)26-28/h1-26H. The third-order valence-corrected chi connectivity index (χ3v) is 9.76. The van der Waals surface area contributed by atoms with Gasteiger partial charge in [0.15, 0.2) is 0 Å². The van der Waals surface area contributed by atoms with Gasteiger partial charge in [0.25, 0.3) is 0 Å². The number of anilines is 3. The molecule has 3 heteroatoms. The van der Waals surface area contributed by atoms with Crippen LogP contribution in [0.4, 0.5) is 17.2 Å². The van der Waals surface area contributed by atoms with Crippen molar-refractivity contribution in [1.29, 1.82) is 0 Å². The van der Waals surface area contributed by atoms with Crippen molar-refractivity contribution in [2.45, 2.75) is 0 Å². The Hall–Kier alpha value is -5.51. The third-order valence-electron chi connectivity index (χ3n) is 8.68. The fourth-order valence-electron chi connectivity index (χ4n) is 6.60. The van der Waals surface area contributed by atoms with Gasteiger partial charge in [-0.25, -0.2) is 4.98 Å². The van der Waals surface area contributed by atoms with Gasteiger partial charge >= 0.3 is 0 Å². The average molecular weight is 579 g/mol. The number of nitrogens with zero attached hydrogens (tertiary/aromatic N) is 2. The normalized spacial score (nSPS) is 11.6. The van der Waals surface area contributed by atoms with Crippen molar-refractivity contribution < 1.29 is 0 Å². The maximum absolute atomic E-state index is 5.18. The molecule has 2 heterocycles. The van der Waals surface area contributed by atoms with Crippen LogP contribution in [-0.4, -0.2) is 4.98 Å². The lowest BCUT2D eigenvalue weighted by Gasteiger charge is -2.24. The third kappa shape index (κ3) is 3.98. The van der Waals surface area contributed by atoms with Gasteiger partial charge in [0.2, 0.25) is 0 Å². The van der Waals surface area contributed by atoms with E-state index in [9.17, 15) is 0 Å². The van der Waals surface area contributed by atoms with E-state index in [0.717, 1.165) is 22.0 Å². The van der Waals surface area contributed by atoms with Crippen molar-refractivity contribution in [2.24, 2.45) is 0 Å². The second-order valence-electron chi connectivity index (χ2n) is 11.2. The predicted molar refractivity (Wildman–Crippen MR) is 190 cm³/mol. The summed E-state index contributed by atoms with van der Waals surface area (Å²) in [6.07, 6.45) is 0. The molecule has 0 aliphatic heterocycles. The van der Waals surface area contributed by atoms with Crippen molar-refractivity contribution in [2.75, 3.05) is 4.90 Å². The first-order valence-electron chi connectivity index (χ1n) is 14.9. The van der Waals surface area contributed by atoms with Crippen LogP contribution in [0.25, 0.3) is 63.7 Å². The highest BCUT2D eigenvalue weighted by molar-refractivity contribution is 7.25. The molecule has 7 aromatic carbocycles. The van der Waals surface area contributed by atoms with E-state index in [0.29, 0.717) is 0 Å². The van der Waals surface area contributed by atoms with Crippen molar-refractivity contribution >= 4 is 81.1 Å². The highest BCUT2D eigenvalue weighted by atomic mass is 32.1. The lowest BCUT2D eigenvalue weighted by atomic mass is 9.92. The van der Waals surface area contributed by atoms with E-state index >= 15 is 0 Å². The number of rotatable bonds is 4. The lowest BCUT2D eigenvalue weighted by Crippen LogP contribution is -2.11. The number of hydrogen-bond donors (Lipinski definition) is 0. The van der Waals surface area contributed by atoms with E-state index in [1.165, 1.54) is 58.9 Å². The van der Waals surface area contributed by atoms with Crippen LogP contribution < -0.4 is 4.90 Å². The zero-order chi connectivity index (χ0) is 29.0. The van der Waals surface area contributed by atoms with Crippen molar-refractivity contribution in [3.05, 3.63) is 158 Å². The summed E-state index contributed by atoms with van der Waals surface area (Å²) >= 11 is 1.75. The van der Waals surface area contributed by atoms with Gasteiger partial charge in [-0.15, -0.1) is 11.3 Å². The van der Waals surface area contributed by atoms with Gasteiger partial charge in [-0.1, -0.05) is 109 Å². The van der Waals surface area contributed by atoms with Crippen molar-refractivity contribution in [3.8, 4) is 11.1 Å². The molecular weight excluding hydrogens is 553 g/mol. The molecule has 0 fully saturated rings. The fraction of sp³-hybridized carbons (Fsp3) is 0. The second kappa shape index (κ2) is 10.0. The monoisotopic (exact) mass is 578 g/mol. The van der Waals surface area contributed by atoms with Crippen molar-refractivity contribution in [1.82, 2.24) is 4.98 Å². The molecule has 0 saturated heterocycles. The molecule has 0 saturated carbocycles. The highest BCUT2D eigenvalue weighted by Gasteiger charge is 2.16. The number of pyridine rings is 1. The van der Waals surface area contributed by atoms with Crippen LogP contribution in [0.2, 0.25) is 0 Å².